The molecule has 98 valence electrons. The van der Waals surface area contributed by atoms with E-state index in [1.165, 1.54) is 44.1 Å². The van der Waals surface area contributed by atoms with Crippen LogP contribution in [0.25, 0.3) is 0 Å². The van der Waals surface area contributed by atoms with Crippen molar-refractivity contribution in [3.63, 3.8) is 0 Å². The molecule has 18 heavy (non-hydrogen) atoms. The van der Waals surface area contributed by atoms with Crippen molar-refractivity contribution in [1.82, 2.24) is 10.3 Å². The average Bonchev–Trinajstić information content (AvgIpc) is 2.38. The molecule has 1 amide bonds. The molecular formula is C14H20N2O2. The molecule has 1 aliphatic carbocycles. The van der Waals surface area contributed by atoms with Crippen LogP contribution in [0.1, 0.15) is 43.0 Å². The van der Waals surface area contributed by atoms with E-state index in [-0.39, 0.29) is 16.9 Å². The summed E-state index contributed by atoms with van der Waals surface area (Å²) in [4.78, 5) is 26.1. The van der Waals surface area contributed by atoms with Crippen LogP contribution in [-0.2, 0) is 0 Å². The molecule has 0 bridgehead atoms. The Hall–Kier alpha value is -1.58. The zero-order valence-corrected chi connectivity index (χ0v) is 10.7. The van der Waals surface area contributed by atoms with Gasteiger partial charge < -0.3 is 10.3 Å². The maximum atomic E-state index is 11.9. The molecule has 0 aromatic carbocycles. The maximum absolute atomic E-state index is 11.9. The average molecular weight is 248 g/mol. The molecule has 2 atom stereocenters. The van der Waals surface area contributed by atoms with Crippen molar-refractivity contribution in [2.24, 2.45) is 11.8 Å². The van der Waals surface area contributed by atoms with E-state index < -0.39 is 0 Å². The smallest absolute Gasteiger partial charge is 0.256 e. The number of aromatic nitrogens is 1. The zero-order chi connectivity index (χ0) is 13.0. The quantitative estimate of drug-likeness (QED) is 0.858. The summed E-state index contributed by atoms with van der Waals surface area (Å²) in [7, 11) is 0. The molecule has 1 aliphatic rings. The number of carbonyl (C=O) groups is 1. The van der Waals surface area contributed by atoms with Crippen molar-refractivity contribution in [3.05, 3.63) is 34.2 Å². The second-order valence-electron chi connectivity index (χ2n) is 5.15. The van der Waals surface area contributed by atoms with Gasteiger partial charge in [0.1, 0.15) is 5.56 Å². The summed E-state index contributed by atoms with van der Waals surface area (Å²) in [5.74, 6) is 0.938. The summed E-state index contributed by atoms with van der Waals surface area (Å²) < 4.78 is 0. The fourth-order valence-electron chi connectivity index (χ4n) is 2.61. The van der Waals surface area contributed by atoms with Gasteiger partial charge >= 0.3 is 0 Å². The lowest BCUT2D eigenvalue weighted by Gasteiger charge is -2.28. The summed E-state index contributed by atoms with van der Waals surface area (Å²) in [6.45, 7) is 2.92. The molecular weight excluding hydrogens is 228 g/mol. The fraction of sp³-hybridized carbons (Fsp3) is 0.571. The summed E-state index contributed by atoms with van der Waals surface area (Å²) in [6, 6.07) is 1.37. The maximum Gasteiger partial charge on any atom is 0.256 e. The summed E-state index contributed by atoms with van der Waals surface area (Å²) in [5, 5.41) is 2.88. The van der Waals surface area contributed by atoms with Gasteiger partial charge in [0.2, 0.25) is 0 Å². The number of pyridine rings is 1. The molecule has 2 rings (SSSR count). The highest BCUT2D eigenvalue weighted by molar-refractivity contribution is 5.93. The van der Waals surface area contributed by atoms with Gasteiger partial charge in [-0.25, -0.2) is 0 Å². The molecule has 1 fully saturated rings. The Balaban J connectivity index is 1.92. The number of rotatable bonds is 3. The monoisotopic (exact) mass is 248 g/mol. The van der Waals surface area contributed by atoms with Gasteiger partial charge in [-0.2, -0.15) is 0 Å². The highest BCUT2D eigenvalue weighted by atomic mass is 16.2. The molecule has 4 nitrogen and oxygen atoms in total. The normalized spacial score (nSPS) is 23.6. The van der Waals surface area contributed by atoms with Crippen LogP contribution < -0.4 is 10.7 Å². The number of aromatic amines is 1. The van der Waals surface area contributed by atoms with Gasteiger partial charge in [-0.15, -0.1) is 0 Å². The number of amides is 1. The zero-order valence-electron chi connectivity index (χ0n) is 10.7. The molecule has 0 spiro atoms. The molecule has 2 unspecified atom stereocenters. The molecule has 1 heterocycles. The predicted octanol–water partition coefficient (Wildman–Crippen LogP) is 1.93. The third-order valence-corrected chi connectivity index (χ3v) is 3.88. The Morgan fingerprint density at radius 3 is 2.94 bits per heavy atom. The van der Waals surface area contributed by atoms with Gasteiger partial charge in [0.25, 0.3) is 5.91 Å². The van der Waals surface area contributed by atoms with Crippen molar-refractivity contribution in [2.75, 3.05) is 6.54 Å². The highest BCUT2D eigenvalue weighted by Gasteiger charge is 2.22. The Morgan fingerprint density at radius 2 is 2.22 bits per heavy atom. The first-order valence-electron chi connectivity index (χ1n) is 6.64. The summed E-state index contributed by atoms with van der Waals surface area (Å²) in [6.07, 6.45) is 7.95. The minimum absolute atomic E-state index is 0.195. The minimum Gasteiger partial charge on any atom is -0.367 e. The third kappa shape index (κ3) is 3.00. The Bertz CT molecular complexity index is 467. The van der Waals surface area contributed by atoms with Crippen LogP contribution in [0.15, 0.2) is 23.3 Å². The first-order valence-corrected chi connectivity index (χ1v) is 6.64. The van der Waals surface area contributed by atoms with Crippen molar-refractivity contribution < 1.29 is 4.79 Å². The molecule has 1 saturated carbocycles. The second-order valence-corrected chi connectivity index (χ2v) is 5.15. The van der Waals surface area contributed by atoms with Crippen LogP contribution in [0.5, 0.6) is 0 Å². The number of carbonyl (C=O) groups excluding carboxylic acids is 1. The van der Waals surface area contributed by atoms with Gasteiger partial charge in [0, 0.05) is 25.0 Å². The molecule has 2 N–H and O–H groups in total. The fourth-order valence-corrected chi connectivity index (χ4v) is 2.61. The van der Waals surface area contributed by atoms with E-state index in [0.717, 1.165) is 0 Å². The van der Waals surface area contributed by atoms with E-state index in [9.17, 15) is 9.59 Å². The Morgan fingerprint density at radius 1 is 1.44 bits per heavy atom. The van der Waals surface area contributed by atoms with E-state index in [1.54, 1.807) is 0 Å². The molecule has 0 aliphatic heterocycles. The van der Waals surface area contributed by atoms with E-state index in [4.69, 9.17) is 0 Å². The van der Waals surface area contributed by atoms with Crippen molar-refractivity contribution in [3.8, 4) is 0 Å². The van der Waals surface area contributed by atoms with Crippen molar-refractivity contribution >= 4 is 5.91 Å². The van der Waals surface area contributed by atoms with Crippen LogP contribution in [-0.4, -0.2) is 17.4 Å². The van der Waals surface area contributed by atoms with Crippen LogP contribution >= 0.6 is 0 Å². The first-order chi connectivity index (χ1) is 8.68. The first kappa shape index (κ1) is 12.9. The molecule has 4 heteroatoms. The van der Waals surface area contributed by atoms with Gasteiger partial charge in [0.15, 0.2) is 5.43 Å². The van der Waals surface area contributed by atoms with Crippen molar-refractivity contribution in [2.45, 2.75) is 32.6 Å². The minimum atomic E-state index is -0.269. The molecule has 0 saturated heterocycles. The third-order valence-electron chi connectivity index (χ3n) is 3.88. The SMILES string of the molecule is CC1CCCCC1CNC(=O)c1c[nH]ccc1=O. The highest BCUT2D eigenvalue weighted by Crippen LogP contribution is 2.28. The molecule has 1 aromatic heterocycles. The lowest BCUT2D eigenvalue weighted by molar-refractivity contribution is 0.0935. The Kier molecular flexibility index (Phi) is 4.18. The number of hydrogen-bond acceptors (Lipinski definition) is 2. The van der Waals surface area contributed by atoms with Crippen LogP contribution in [0, 0.1) is 11.8 Å². The van der Waals surface area contributed by atoms with E-state index in [1.807, 2.05) is 0 Å². The van der Waals surface area contributed by atoms with Gasteiger partial charge in [-0.1, -0.05) is 26.2 Å². The van der Waals surface area contributed by atoms with E-state index in [0.29, 0.717) is 18.4 Å². The van der Waals surface area contributed by atoms with Gasteiger partial charge in [0.05, 0.1) is 0 Å². The number of nitrogens with one attached hydrogen (secondary N) is 2. The number of hydrogen-bond donors (Lipinski definition) is 2. The van der Waals surface area contributed by atoms with Crippen molar-refractivity contribution in [1.29, 1.82) is 0 Å². The second kappa shape index (κ2) is 5.85. The summed E-state index contributed by atoms with van der Waals surface area (Å²) >= 11 is 0. The standard InChI is InChI=1S/C14H20N2O2/c1-10-4-2-3-5-11(10)8-16-14(18)12-9-15-7-6-13(12)17/h6-7,9-11H,2-5,8H2,1H3,(H,15,17)(H,16,18). The largest absolute Gasteiger partial charge is 0.367 e. The van der Waals surface area contributed by atoms with E-state index in [2.05, 4.69) is 17.2 Å². The molecule has 1 aromatic rings. The predicted molar refractivity (Wildman–Crippen MR) is 70.5 cm³/mol. The Labute approximate surface area is 107 Å². The van der Waals surface area contributed by atoms with Crippen LogP contribution in [0.2, 0.25) is 0 Å². The van der Waals surface area contributed by atoms with E-state index >= 15 is 0 Å². The number of H-pyrrole nitrogens is 1. The lowest BCUT2D eigenvalue weighted by atomic mass is 9.80. The lowest BCUT2D eigenvalue weighted by Crippen LogP contribution is -2.35. The summed E-state index contributed by atoms with van der Waals surface area (Å²) in [5.41, 5.74) is -0.0381. The van der Waals surface area contributed by atoms with Gasteiger partial charge in [-0.05, 0) is 18.3 Å². The molecule has 0 radical (unpaired) electrons. The van der Waals surface area contributed by atoms with Crippen LogP contribution in [0.3, 0.4) is 0 Å². The van der Waals surface area contributed by atoms with Gasteiger partial charge in [-0.3, -0.25) is 9.59 Å². The van der Waals surface area contributed by atoms with Crippen LogP contribution in [0.4, 0.5) is 0 Å². The topological polar surface area (TPSA) is 62.0 Å².